The third kappa shape index (κ3) is 3.81. The van der Waals surface area contributed by atoms with E-state index in [9.17, 15) is 8.42 Å². The van der Waals surface area contributed by atoms with E-state index in [4.69, 9.17) is 10.2 Å². The van der Waals surface area contributed by atoms with Gasteiger partial charge in [0.15, 0.2) is 0 Å². The van der Waals surface area contributed by atoms with Crippen LogP contribution in [0.3, 0.4) is 0 Å². The Kier molecular flexibility index (Phi) is 3.96. The number of benzene rings is 1. The van der Waals surface area contributed by atoms with E-state index in [1.54, 1.807) is 0 Å². The molecule has 104 valence electrons. The van der Waals surface area contributed by atoms with Crippen LogP contribution in [0.4, 0.5) is 0 Å². The first-order chi connectivity index (χ1) is 8.85. The second-order valence-corrected chi connectivity index (χ2v) is 7.33. The molecule has 1 aromatic heterocycles. The van der Waals surface area contributed by atoms with E-state index in [1.807, 2.05) is 31.2 Å². The van der Waals surface area contributed by atoms with Gasteiger partial charge in [-0.15, -0.1) is 0 Å². The van der Waals surface area contributed by atoms with Crippen LogP contribution >= 0.6 is 0 Å². The van der Waals surface area contributed by atoms with Gasteiger partial charge in [0, 0.05) is 17.4 Å². The summed E-state index contributed by atoms with van der Waals surface area (Å²) in [5.41, 5.74) is 8.03. The van der Waals surface area contributed by atoms with Crippen LogP contribution < -0.4 is 5.73 Å². The minimum Gasteiger partial charge on any atom is -0.459 e. The van der Waals surface area contributed by atoms with Crippen molar-refractivity contribution in [2.75, 3.05) is 12.0 Å². The highest BCUT2D eigenvalue weighted by Gasteiger charge is 2.13. The summed E-state index contributed by atoms with van der Waals surface area (Å²) in [5.74, 6) is 0.883. The van der Waals surface area contributed by atoms with E-state index >= 15 is 0 Å². The van der Waals surface area contributed by atoms with Crippen LogP contribution in [0.5, 0.6) is 0 Å². The monoisotopic (exact) mass is 281 g/mol. The Morgan fingerprint density at radius 2 is 2.05 bits per heavy atom. The first-order valence-electron chi connectivity index (χ1n) is 6.28. The van der Waals surface area contributed by atoms with E-state index in [0.717, 1.165) is 11.0 Å². The van der Waals surface area contributed by atoms with Gasteiger partial charge >= 0.3 is 0 Å². The molecule has 1 heterocycles. The number of furan rings is 1. The number of hydrogen-bond acceptors (Lipinski definition) is 4. The van der Waals surface area contributed by atoms with Crippen molar-refractivity contribution in [1.82, 2.24) is 0 Å². The molecule has 0 radical (unpaired) electrons. The van der Waals surface area contributed by atoms with Gasteiger partial charge in [-0.05, 0) is 38.0 Å². The van der Waals surface area contributed by atoms with Gasteiger partial charge in [-0.3, -0.25) is 0 Å². The van der Waals surface area contributed by atoms with Gasteiger partial charge in [-0.2, -0.15) is 0 Å². The highest BCUT2D eigenvalue weighted by molar-refractivity contribution is 7.90. The average Bonchev–Trinajstić information content (AvgIpc) is 2.70. The topological polar surface area (TPSA) is 73.3 Å². The van der Waals surface area contributed by atoms with E-state index in [0.29, 0.717) is 18.6 Å². The molecule has 0 bridgehead atoms. The lowest BCUT2D eigenvalue weighted by Crippen LogP contribution is -2.12. The summed E-state index contributed by atoms with van der Waals surface area (Å²) in [6, 6.07) is 7.65. The van der Waals surface area contributed by atoms with E-state index < -0.39 is 9.84 Å². The fourth-order valence-corrected chi connectivity index (χ4v) is 2.76. The molecule has 0 fully saturated rings. The third-order valence-corrected chi connectivity index (χ3v) is 4.12. The minimum atomic E-state index is -2.92. The summed E-state index contributed by atoms with van der Waals surface area (Å²) in [6.45, 7) is 2.03. The van der Waals surface area contributed by atoms with Crippen LogP contribution in [0.1, 0.15) is 30.2 Å². The quantitative estimate of drug-likeness (QED) is 0.914. The van der Waals surface area contributed by atoms with Crippen molar-refractivity contribution in [3.8, 4) is 0 Å². The largest absolute Gasteiger partial charge is 0.459 e. The summed E-state index contributed by atoms with van der Waals surface area (Å²) in [5, 5.41) is 1.04. The Morgan fingerprint density at radius 3 is 2.74 bits per heavy atom. The van der Waals surface area contributed by atoms with Crippen LogP contribution in [0.15, 0.2) is 28.7 Å². The summed E-state index contributed by atoms with van der Waals surface area (Å²) in [4.78, 5) is 0. The number of rotatable bonds is 5. The summed E-state index contributed by atoms with van der Waals surface area (Å²) >= 11 is 0. The molecule has 1 aromatic carbocycles. The first-order valence-corrected chi connectivity index (χ1v) is 8.34. The zero-order valence-electron chi connectivity index (χ0n) is 11.2. The highest BCUT2D eigenvalue weighted by Crippen LogP contribution is 2.25. The molecule has 1 atom stereocenters. The van der Waals surface area contributed by atoms with E-state index in [1.165, 1.54) is 11.8 Å². The molecule has 0 aliphatic carbocycles. The number of fused-ring (bicyclic) bond motifs is 1. The molecule has 19 heavy (non-hydrogen) atoms. The van der Waals surface area contributed by atoms with Gasteiger partial charge < -0.3 is 10.2 Å². The average molecular weight is 281 g/mol. The molecule has 5 heteroatoms. The second kappa shape index (κ2) is 5.35. The van der Waals surface area contributed by atoms with Crippen molar-refractivity contribution in [2.45, 2.75) is 25.8 Å². The van der Waals surface area contributed by atoms with Gasteiger partial charge in [0.2, 0.25) is 0 Å². The number of sulfone groups is 1. The molecular weight excluding hydrogens is 262 g/mol. The maximum absolute atomic E-state index is 11.1. The maximum atomic E-state index is 11.1. The zero-order valence-corrected chi connectivity index (χ0v) is 12.0. The van der Waals surface area contributed by atoms with Crippen LogP contribution in [0.2, 0.25) is 0 Å². The minimum absolute atomic E-state index is 0.167. The van der Waals surface area contributed by atoms with Gasteiger partial charge in [0.1, 0.15) is 21.2 Å². The van der Waals surface area contributed by atoms with Gasteiger partial charge in [-0.25, -0.2) is 8.42 Å². The SMILES string of the molecule is Cc1ccc2oc(C(N)CCCS(C)(=O)=O)cc2c1. The lowest BCUT2D eigenvalue weighted by molar-refractivity contribution is 0.474. The fourth-order valence-electron chi connectivity index (χ4n) is 2.07. The Labute approximate surface area is 113 Å². The summed E-state index contributed by atoms with van der Waals surface area (Å²) in [6.07, 6.45) is 2.39. The lowest BCUT2D eigenvalue weighted by Gasteiger charge is -2.07. The Balaban J connectivity index is 2.07. The fraction of sp³-hybridized carbons (Fsp3) is 0.429. The van der Waals surface area contributed by atoms with Crippen molar-refractivity contribution in [3.63, 3.8) is 0 Å². The lowest BCUT2D eigenvalue weighted by atomic mass is 10.1. The molecule has 2 N–H and O–H groups in total. The molecule has 0 aliphatic heterocycles. The Bertz CT molecular complexity index is 673. The molecule has 0 spiro atoms. The molecule has 4 nitrogen and oxygen atoms in total. The molecule has 2 aromatic rings. The van der Waals surface area contributed by atoms with Gasteiger partial charge in [0.05, 0.1) is 6.04 Å². The second-order valence-electron chi connectivity index (χ2n) is 5.07. The molecule has 1 unspecified atom stereocenters. The summed E-state index contributed by atoms with van der Waals surface area (Å²) < 4.78 is 27.8. The van der Waals surface area contributed by atoms with E-state index in [-0.39, 0.29) is 11.8 Å². The number of aryl methyl sites for hydroxylation is 1. The van der Waals surface area contributed by atoms with Crippen LogP contribution in [-0.4, -0.2) is 20.4 Å². The normalized spacial score (nSPS) is 13.8. The maximum Gasteiger partial charge on any atom is 0.147 e. The Morgan fingerprint density at radius 1 is 1.32 bits per heavy atom. The predicted molar refractivity (Wildman–Crippen MR) is 76.8 cm³/mol. The zero-order chi connectivity index (χ0) is 14.0. The summed E-state index contributed by atoms with van der Waals surface area (Å²) in [7, 11) is -2.92. The van der Waals surface area contributed by atoms with Crippen molar-refractivity contribution >= 4 is 20.8 Å². The third-order valence-electron chi connectivity index (χ3n) is 3.09. The molecule has 0 aliphatic rings. The van der Waals surface area contributed by atoms with Gasteiger partial charge in [0.25, 0.3) is 0 Å². The first kappa shape index (κ1) is 14.1. The van der Waals surface area contributed by atoms with Crippen molar-refractivity contribution in [1.29, 1.82) is 0 Å². The highest BCUT2D eigenvalue weighted by atomic mass is 32.2. The van der Waals surface area contributed by atoms with Crippen molar-refractivity contribution in [2.24, 2.45) is 5.73 Å². The smallest absolute Gasteiger partial charge is 0.147 e. The van der Waals surface area contributed by atoms with Gasteiger partial charge in [-0.1, -0.05) is 11.6 Å². The predicted octanol–water partition coefficient (Wildman–Crippen LogP) is 2.57. The van der Waals surface area contributed by atoms with Crippen molar-refractivity contribution < 1.29 is 12.8 Å². The molecule has 0 amide bonds. The standard InChI is InChI=1S/C14H19NO3S/c1-10-5-6-13-11(8-10)9-14(18-13)12(15)4-3-7-19(2,16)17/h5-6,8-9,12H,3-4,7,15H2,1-2H3. The van der Waals surface area contributed by atoms with Crippen LogP contribution in [0.25, 0.3) is 11.0 Å². The molecule has 2 rings (SSSR count). The molecular formula is C14H19NO3S. The number of nitrogens with two attached hydrogens (primary N) is 1. The Hall–Kier alpha value is -1.33. The van der Waals surface area contributed by atoms with E-state index in [2.05, 4.69) is 0 Å². The van der Waals surface area contributed by atoms with Crippen LogP contribution in [-0.2, 0) is 9.84 Å². The van der Waals surface area contributed by atoms with Crippen LogP contribution in [0, 0.1) is 6.92 Å². The van der Waals surface area contributed by atoms with Crippen molar-refractivity contribution in [3.05, 3.63) is 35.6 Å². The molecule has 0 saturated carbocycles. The molecule has 0 saturated heterocycles. The number of hydrogen-bond donors (Lipinski definition) is 1.